The number of aryl methyl sites for hydroxylation is 1. The molecule has 25 heavy (non-hydrogen) atoms. The highest BCUT2D eigenvalue weighted by atomic mass is 19.4. The number of rotatable bonds is 5. The van der Waals surface area contributed by atoms with Crippen molar-refractivity contribution in [1.29, 1.82) is 0 Å². The van der Waals surface area contributed by atoms with E-state index >= 15 is 0 Å². The lowest BCUT2D eigenvalue weighted by molar-refractivity contribution is -0.290. The maximum Gasteiger partial charge on any atom is 0.424 e. The van der Waals surface area contributed by atoms with Crippen molar-refractivity contribution in [3.8, 4) is 0 Å². The zero-order chi connectivity index (χ0) is 19.6. The molecule has 138 valence electrons. The lowest BCUT2D eigenvalue weighted by Gasteiger charge is -2.38. The molecule has 0 atom stereocenters. The first-order valence-corrected chi connectivity index (χ1v) is 7.03. The van der Waals surface area contributed by atoms with Crippen molar-refractivity contribution in [2.75, 3.05) is 0 Å². The topological polar surface area (TPSA) is 46.2 Å². The Morgan fingerprint density at radius 1 is 1.00 bits per heavy atom. The summed E-state index contributed by atoms with van der Waals surface area (Å²) in [6, 6.07) is 4.85. The number of carbonyl (C=O) groups is 2. The zero-order valence-electron chi connectivity index (χ0n) is 13.3. The van der Waals surface area contributed by atoms with Crippen molar-refractivity contribution >= 4 is 11.7 Å². The minimum Gasteiger partial charge on any atom is -0.327 e. The van der Waals surface area contributed by atoms with E-state index in [0.29, 0.717) is 5.56 Å². The van der Waals surface area contributed by atoms with Gasteiger partial charge in [-0.1, -0.05) is 31.2 Å². The smallest absolute Gasteiger partial charge is 0.327 e. The van der Waals surface area contributed by atoms with E-state index in [-0.39, 0.29) is 0 Å². The lowest BCUT2D eigenvalue weighted by atomic mass is 9.85. The second-order valence-corrected chi connectivity index (χ2v) is 5.32. The van der Waals surface area contributed by atoms with Crippen LogP contribution in [-0.4, -0.2) is 29.6 Å². The molecule has 0 aliphatic heterocycles. The lowest BCUT2D eigenvalue weighted by Crippen LogP contribution is -2.69. The van der Waals surface area contributed by atoms with Crippen molar-refractivity contribution in [2.45, 2.75) is 38.2 Å². The third-order valence-electron chi connectivity index (χ3n) is 3.58. The molecule has 0 heterocycles. The van der Waals surface area contributed by atoms with Crippen LogP contribution >= 0.6 is 0 Å². The number of ketones is 1. The maximum atomic E-state index is 13.4. The fourth-order valence-electron chi connectivity index (χ4n) is 2.09. The monoisotopic (exact) mass is 367 g/mol. The van der Waals surface area contributed by atoms with E-state index in [0.717, 1.165) is 24.4 Å². The minimum atomic E-state index is -6.02. The number of halogens is 6. The third kappa shape index (κ3) is 3.85. The van der Waals surface area contributed by atoms with Gasteiger partial charge < -0.3 is 5.32 Å². The SMILES string of the molecule is C=C(C(=O)CC)C(NC(=O)c1ccc(C)cc1)(C(F)(F)F)C(F)(F)F. The molecule has 9 heteroatoms. The molecule has 1 aromatic carbocycles. The predicted molar refractivity (Wildman–Crippen MR) is 77.9 cm³/mol. The average Bonchev–Trinajstić information content (AvgIpc) is 2.49. The van der Waals surface area contributed by atoms with Crippen LogP contribution in [0.1, 0.15) is 29.3 Å². The van der Waals surface area contributed by atoms with E-state index in [2.05, 4.69) is 6.58 Å². The zero-order valence-corrected chi connectivity index (χ0v) is 13.3. The van der Waals surface area contributed by atoms with Crippen molar-refractivity contribution in [3.05, 3.63) is 47.5 Å². The van der Waals surface area contributed by atoms with Crippen LogP contribution in [0.15, 0.2) is 36.4 Å². The Morgan fingerprint density at radius 2 is 1.44 bits per heavy atom. The Balaban J connectivity index is 3.50. The standard InChI is InChI=1S/C16H15F6NO2/c1-4-12(24)10(3)14(15(17,18)19,16(20,21)22)23-13(25)11-7-5-9(2)6-8-11/h5-8H,3-4H2,1-2H3,(H,23,25). The molecule has 0 aliphatic rings. The molecule has 1 aromatic rings. The summed E-state index contributed by atoms with van der Waals surface area (Å²) < 4.78 is 80.5. The molecule has 0 unspecified atom stereocenters. The van der Waals surface area contributed by atoms with Gasteiger partial charge >= 0.3 is 12.4 Å². The number of hydrogen-bond acceptors (Lipinski definition) is 2. The van der Waals surface area contributed by atoms with Crippen LogP contribution in [0.5, 0.6) is 0 Å². The van der Waals surface area contributed by atoms with Gasteiger partial charge in [-0.25, -0.2) is 0 Å². The van der Waals surface area contributed by atoms with Crippen LogP contribution in [0.4, 0.5) is 26.3 Å². The van der Waals surface area contributed by atoms with Gasteiger partial charge in [-0.3, -0.25) is 9.59 Å². The predicted octanol–water partition coefficient (Wildman–Crippen LogP) is 4.12. The molecule has 0 aliphatic carbocycles. The summed E-state index contributed by atoms with van der Waals surface area (Å²) in [5.41, 5.74) is -6.41. The number of carbonyl (C=O) groups excluding carboxylic acids is 2. The van der Waals surface area contributed by atoms with Crippen LogP contribution in [0.2, 0.25) is 0 Å². The van der Waals surface area contributed by atoms with Gasteiger partial charge in [0, 0.05) is 17.6 Å². The Morgan fingerprint density at radius 3 is 1.80 bits per heavy atom. The molecule has 0 radical (unpaired) electrons. The van der Waals surface area contributed by atoms with Crippen LogP contribution < -0.4 is 5.32 Å². The summed E-state index contributed by atoms with van der Waals surface area (Å²) in [6.07, 6.45) is -12.7. The minimum absolute atomic E-state index is 0.416. The van der Waals surface area contributed by atoms with E-state index in [1.54, 1.807) is 6.92 Å². The Labute approximate surface area is 139 Å². The van der Waals surface area contributed by atoms with Crippen LogP contribution in [0.3, 0.4) is 0 Å². The van der Waals surface area contributed by atoms with E-state index in [1.165, 1.54) is 12.1 Å². The molecule has 1 rings (SSSR count). The summed E-state index contributed by atoms with van der Waals surface area (Å²) in [4.78, 5) is 23.6. The molecule has 0 bridgehead atoms. The first-order chi connectivity index (χ1) is 11.3. The largest absolute Gasteiger partial charge is 0.424 e. The summed E-state index contributed by atoms with van der Waals surface area (Å²) >= 11 is 0. The number of benzene rings is 1. The molecular weight excluding hydrogens is 352 g/mol. The fraction of sp³-hybridized carbons (Fsp3) is 0.375. The van der Waals surface area contributed by atoms with Gasteiger partial charge in [0.25, 0.3) is 11.4 Å². The van der Waals surface area contributed by atoms with Gasteiger partial charge in [-0.05, 0) is 19.1 Å². The van der Waals surface area contributed by atoms with Crippen LogP contribution in [0.25, 0.3) is 0 Å². The first-order valence-electron chi connectivity index (χ1n) is 7.03. The van der Waals surface area contributed by atoms with Crippen LogP contribution in [-0.2, 0) is 4.79 Å². The third-order valence-corrected chi connectivity index (χ3v) is 3.58. The second-order valence-electron chi connectivity index (χ2n) is 5.32. The Bertz CT molecular complexity index is 659. The van der Waals surface area contributed by atoms with Gasteiger partial charge in [-0.2, -0.15) is 26.3 Å². The molecular formula is C16H15F6NO2. The van der Waals surface area contributed by atoms with E-state index in [4.69, 9.17) is 0 Å². The number of amides is 1. The first kappa shape index (κ1) is 20.7. The Kier molecular flexibility index (Phi) is 5.71. The van der Waals surface area contributed by atoms with Gasteiger partial charge in [0.1, 0.15) is 0 Å². The number of alkyl halides is 6. The number of Topliss-reactive ketones (excluding diaryl/α,β-unsaturated/α-hetero) is 1. The highest BCUT2D eigenvalue weighted by molar-refractivity contribution is 6.00. The van der Waals surface area contributed by atoms with Gasteiger partial charge in [0.05, 0.1) is 0 Å². The summed E-state index contributed by atoms with van der Waals surface area (Å²) in [7, 11) is 0. The molecule has 0 aromatic heterocycles. The second kappa shape index (κ2) is 6.89. The molecule has 0 fully saturated rings. The van der Waals surface area contributed by atoms with Gasteiger partial charge in [0.2, 0.25) is 0 Å². The average molecular weight is 367 g/mol. The fourth-order valence-corrected chi connectivity index (χ4v) is 2.09. The normalized spacial score (nSPS) is 12.6. The van der Waals surface area contributed by atoms with Crippen LogP contribution in [0, 0.1) is 6.92 Å². The Hall–Kier alpha value is -2.32. The van der Waals surface area contributed by atoms with Crippen molar-refractivity contribution in [3.63, 3.8) is 0 Å². The highest BCUT2D eigenvalue weighted by Crippen LogP contribution is 2.47. The van der Waals surface area contributed by atoms with Gasteiger partial charge in [-0.15, -0.1) is 0 Å². The molecule has 0 spiro atoms. The molecule has 1 N–H and O–H groups in total. The highest BCUT2D eigenvalue weighted by Gasteiger charge is 2.74. The molecule has 3 nitrogen and oxygen atoms in total. The van der Waals surface area contributed by atoms with E-state index in [1.807, 2.05) is 0 Å². The van der Waals surface area contributed by atoms with E-state index < -0.39 is 47.1 Å². The quantitative estimate of drug-likeness (QED) is 0.629. The summed E-state index contributed by atoms with van der Waals surface area (Å²) in [6.45, 7) is 5.40. The van der Waals surface area contributed by atoms with Crippen molar-refractivity contribution in [2.24, 2.45) is 0 Å². The molecule has 1 amide bonds. The summed E-state index contributed by atoms with van der Waals surface area (Å²) in [5.74, 6) is -3.08. The summed E-state index contributed by atoms with van der Waals surface area (Å²) in [5, 5.41) is 0.952. The van der Waals surface area contributed by atoms with Crippen molar-refractivity contribution in [1.82, 2.24) is 5.32 Å². The van der Waals surface area contributed by atoms with Crippen molar-refractivity contribution < 1.29 is 35.9 Å². The maximum absolute atomic E-state index is 13.4. The molecule has 0 saturated heterocycles. The molecule has 0 saturated carbocycles. The number of hydrogen-bond donors (Lipinski definition) is 1. The van der Waals surface area contributed by atoms with Gasteiger partial charge in [0.15, 0.2) is 5.78 Å². The number of nitrogens with one attached hydrogen (secondary N) is 1. The van der Waals surface area contributed by atoms with E-state index in [9.17, 15) is 35.9 Å².